The van der Waals surface area contributed by atoms with Gasteiger partial charge in [-0.1, -0.05) is 51.5 Å². The van der Waals surface area contributed by atoms with Crippen LogP contribution in [0.2, 0.25) is 0 Å². The molecule has 0 radical (unpaired) electrons. The van der Waals surface area contributed by atoms with Crippen molar-refractivity contribution in [3.05, 3.63) is 77.9 Å². The maximum absolute atomic E-state index is 10.8. The van der Waals surface area contributed by atoms with Gasteiger partial charge in [-0.2, -0.15) is 0 Å². The van der Waals surface area contributed by atoms with E-state index in [9.17, 15) is 4.79 Å². The Balaban J connectivity index is 1.43. The maximum Gasteiger partial charge on any atom is 0.150 e. The van der Waals surface area contributed by atoms with E-state index in [2.05, 4.69) is 54.5 Å². The van der Waals surface area contributed by atoms with Crippen molar-refractivity contribution >= 4 is 17.3 Å². The molecular formula is C33H41N3O3. The van der Waals surface area contributed by atoms with E-state index in [1.54, 1.807) is 0 Å². The first-order chi connectivity index (χ1) is 19.1. The number of nitrogens with zero attached hydrogens (tertiary/aromatic N) is 3. The fourth-order valence-corrected chi connectivity index (χ4v) is 4.72. The molecule has 0 aliphatic rings. The monoisotopic (exact) mass is 527 g/mol. The summed E-state index contributed by atoms with van der Waals surface area (Å²) < 4.78 is 14.4. The van der Waals surface area contributed by atoms with E-state index in [4.69, 9.17) is 14.5 Å². The van der Waals surface area contributed by atoms with E-state index in [0.29, 0.717) is 18.8 Å². The fourth-order valence-electron chi connectivity index (χ4n) is 4.72. The van der Waals surface area contributed by atoms with Crippen LogP contribution in [0.1, 0.15) is 56.0 Å². The number of rotatable bonds is 16. The van der Waals surface area contributed by atoms with E-state index >= 15 is 0 Å². The summed E-state index contributed by atoms with van der Waals surface area (Å²) in [6.45, 7) is 12.0. The molecule has 0 fully saturated rings. The summed E-state index contributed by atoms with van der Waals surface area (Å²) in [5.74, 6) is 2.70. The van der Waals surface area contributed by atoms with E-state index in [-0.39, 0.29) is 0 Å². The number of unbranched alkanes of at least 4 members (excludes halogenated alkanes) is 1. The highest BCUT2D eigenvalue weighted by Gasteiger charge is 2.14. The van der Waals surface area contributed by atoms with Crippen LogP contribution in [0.3, 0.4) is 0 Å². The second-order valence-electron chi connectivity index (χ2n) is 9.80. The quantitative estimate of drug-likeness (QED) is 0.115. The first kappa shape index (κ1) is 28.4. The van der Waals surface area contributed by atoms with Crippen molar-refractivity contribution in [2.45, 2.75) is 53.0 Å². The molecule has 39 heavy (non-hydrogen) atoms. The van der Waals surface area contributed by atoms with Crippen LogP contribution >= 0.6 is 0 Å². The SMILES string of the molecule is CCCCn1c(-c2ccc(OCCc3ccc(C=O)cc3)cc2)nc2ccc(OCCCN(CC)CC)cc21. The number of carbonyl (C=O) groups is 1. The highest BCUT2D eigenvalue weighted by Crippen LogP contribution is 2.29. The third-order valence-electron chi connectivity index (χ3n) is 7.12. The largest absolute Gasteiger partial charge is 0.493 e. The predicted octanol–water partition coefficient (Wildman–Crippen LogP) is 7.05. The van der Waals surface area contributed by atoms with Crippen LogP contribution in [0, 0.1) is 0 Å². The van der Waals surface area contributed by atoms with E-state index in [0.717, 1.165) is 97.6 Å². The normalized spacial score (nSPS) is 11.3. The van der Waals surface area contributed by atoms with Crippen LogP contribution in [0.5, 0.6) is 11.5 Å². The van der Waals surface area contributed by atoms with Crippen LogP contribution in [0.15, 0.2) is 66.7 Å². The molecule has 1 heterocycles. The fraction of sp³-hybridized carbons (Fsp3) is 0.394. The molecule has 0 N–H and O–H groups in total. The van der Waals surface area contributed by atoms with Crippen LogP contribution in [0.4, 0.5) is 0 Å². The molecule has 3 aromatic carbocycles. The number of aldehydes is 1. The molecular weight excluding hydrogens is 486 g/mol. The number of benzene rings is 3. The van der Waals surface area contributed by atoms with Crippen molar-refractivity contribution in [1.82, 2.24) is 14.5 Å². The van der Waals surface area contributed by atoms with Gasteiger partial charge in [-0.25, -0.2) is 4.98 Å². The Kier molecular flexibility index (Phi) is 10.5. The molecule has 6 heteroatoms. The number of imidazole rings is 1. The average molecular weight is 528 g/mol. The van der Waals surface area contributed by atoms with Crippen molar-refractivity contribution in [2.75, 3.05) is 32.8 Å². The zero-order valence-corrected chi connectivity index (χ0v) is 23.6. The topological polar surface area (TPSA) is 56.6 Å². The molecule has 0 spiro atoms. The molecule has 0 bridgehead atoms. The minimum atomic E-state index is 0.576. The van der Waals surface area contributed by atoms with Crippen molar-refractivity contribution in [3.63, 3.8) is 0 Å². The van der Waals surface area contributed by atoms with Crippen LogP contribution in [0.25, 0.3) is 22.4 Å². The van der Waals surface area contributed by atoms with Crippen molar-refractivity contribution in [2.24, 2.45) is 0 Å². The number of hydrogen-bond acceptors (Lipinski definition) is 5. The second-order valence-corrected chi connectivity index (χ2v) is 9.80. The van der Waals surface area contributed by atoms with Gasteiger partial charge >= 0.3 is 0 Å². The zero-order valence-electron chi connectivity index (χ0n) is 23.6. The lowest BCUT2D eigenvalue weighted by molar-refractivity contribution is 0.112. The third-order valence-corrected chi connectivity index (χ3v) is 7.12. The molecule has 0 saturated heterocycles. The van der Waals surface area contributed by atoms with Crippen LogP contribution in [-0.4, -0.2) is 53.6 Å². The van der Waals surface area contributed by atoms with Crippen molar-refractivity contribution in [1.29, 1.82) is 0 Å². The first-order valence-corrected chi connectivity index (χ1v) is 14.3. The summed E-state index contributed by atoms with van der Waals surface area (Å²) in [5.41, 5.74) is 5.00. The number of ether oxygens (including phenoxy) is 2. The molecule has 0 atom stereocenters. The minimum absolute atomic E-state index is 0.576. The number of aromatic nitrogens is 2. The molecule has 0 unspecified atom stereocenters. The van der Waals surface area contributed by atoms with Gasteiger partial charge < -0.3 is 18.9 Å². The maximum atomic E-state index is 10.8. The number of aryl methyl sites for hydroxylation is 1. The summed E-state index contributed by atoms with van der Waals surface area (Å²) >= 11 is 0. The third kappa shape index (κ3) is 7.70. The van der Waals surface area contributed by atoms with Gasteiger partial charge in [-0.3, -0.25) is 4.79 Å². The molecule has 4 aromatic rings. The zero-order chi connectivity index (χ0) is 27.5. The minimum Gasteiger partial charge on any atom is -0.493 e. The number of hydrogen-bond donors (Lipinski definition) is 0. The Hall–Kier alpha value is -3.64. The van der Waals surface area contributed by atoms with Gasteiger partial charge in [0.15, 0.2) is 0 Å². The van der Waals surface area contributed by atoms with Gasteiger partial charge in [0.05, 0.1) is 24.2 Å². The number of carbonyl (C=O) groups excluding carboxylic acids is 1. The standard InChI is InChI=1S/C33H41N3O3/c1-4-7-21-36-32-24-30(38-22-8-20-35(5-2)6-3)17-18-31(32)34-33(36)28-13-15-29(16-14-28)39-23-19-26-9-11-27(25-37)12-10-26/h9-18,24-25H,4-8,19-23H2,1-3H3. The summed E-state index contributed by atoms with van der Waals surface area (Å²) in [7, 11) is 0. The van der Waals surface area contributed by atoms with Crippen LogP contribution in [-0.2, 0) is 13.0 Å². The summed E-state index contributed by atoms with van der Waals surface area (Å²) in [4.78, 5) is 18.3. The predicted molar refractivity (Wildman–Crippen MR) is 159 cm³/mol. The van der Waals surface area contributed by atoms with Crippen LogP contribution < -0.4 is 9.47 Å². The van der Waals surface area contributed by atoms with E-state index in [1.807, 2.05) is 42.5 Å². The lowest BCUT2D eigenvalue weighted by atomic mass is 10.1. The Morgan fingerprint density at radius 2 is 1.56 bits per heavy atom. The smallest absolute Gasteiger partial charge is 0.150 e. The molecule has 0 saturated carbocycles. The summed E-state index contributed by atoms with van der Waals surface area (Å²) in [5, 5.41) is 0. The van der Waals surface area contributed by atoms with Gasteiger partial charge in [0.1, 0.15) is 23.6 Å². The van der Waals surface area contributed by atoms with Crippen molar-refractivity contribution < 1.29 is 14.3 Å². The summed E-state index contributed by atoms with van der Waals surface area (Å²) in [6.07, 6.45) is 4.86. The first-order valence-electron chi connectivity index (χ1n) is 14.3. The molecule has 206 valence electrons. The van der Waals surface area contributed by atoms with Gasteiger partial charge in [-0.15, -0.1) is 0 Å². The number of fused-ring (bicyclic) bond motifs is 1. The molecule has 0 amide bonds. The van der Waals surface area contributed by atoms with Gasteiger partial charge in [-0.05, 0) is 67.9 Å². The Morgan fingerprint density at radius 3 is 2.26 bits per heavy atom. The molecule has 6 nitrogen and oxygen atoms in total. The average Bonchev–Trinajstić information content (AvgIpc) is 3.34. The Bertz CT molecular complexity index is 1310. The summed E-state index contributed by atoms with van der Waals surface area (Å²) in [6, 6.07) is 22.1. The van der Waals surface area contributed by atoms with E-state index < -0.39 is 0 Å². The van der Waals surface area contributed by atoms with Gasteiger partial charge in [0.25, 0.3) is 0 Å². The Morgan fingerprint density at radius 1 is 0.846 bits per heavy atom. The van der Waals surface area contributed by atoms with Gasteiger partial charge in [0, 0.05) is 36.7 Å². The molecule has 1 aromatic heterocycles. The van der Waals surface area contributed by atoms with Gasteiger partial charge in [0.2, 0.25) is 0 Å². The highest BCUT2D eigenvalue weighted by molar-refractivity contribution is 5.82. The van der Waals surface area contributed by atoms with Crippen molar-refractivity contribution in [3.8, 4) is 22.9 Å². The second kappa shape index (κ2) is 14.5. The highest BCUT2D eigenvalue weighted by atomic mass is 16.5. The van der Waals surface area contributed by atoms with E-state index in [1.165, 1.54) is 0 Å². The molecule has 0 aliphatic heterocycles. The molecule has 0 aliphatic carbocycles. The molecule has 4 rings (SSSR count). The lowest BCUT2D eigenvalue weighted by Gasteiger charge is -2.17. The lowest BCUT2D eigenvalue weighted by Crippen LogP contribution is -2.25. The Labute approximate surface area is 232 Å².